The zero-order valence-corrected chi connectivity index (χ0v) is 35.3. The Kier molecular flexibility index (Phi) is 18.9. The summed E-state index contributed by atoms with van der Waals surface area (Å²) >= 11 is 0. The van der Waals surface area contributed by atoms with Gasteiger partial charge in [-0.25, -0.2) is 4.98 Å². The van der Waals surface area contributed by atoms with E-state index in [1.54, 1.807) is 42.3 Å². The third-order valence-electron chi connectivity index (χ3n) is 6.83. The minimum absolute atomic E-state index is 0. The van der Waals surface area contributed by atoms with E-state index >= 15 is 0 Å². The Balaban J connectivity index is 0. The van der Waals surface area contributed by atoms with Crippen LogP contribution in [0.3, 0.4) is 0 Å². The van der Waals surface area contributed by atoms with E-state index in [0.717, 1.165) is 22.3 Å². The SMILES string of the molecule is CC(C)(C)c1cc(-c2cccc(-c3cc(C(C)(C)C)cc(C(C)(C)C)c3[O-])n2)c([O-])c(C(C)(C)C)c1.C[N-]C.C[N-]C.C[N-]C.[Ta+5]. The predicted octanol–water partition coefficient (Wildman–Crippen LogP) is 9.61. The minimum Gasteiger partial charge on any atom is -0.872 e. The second kappa shape index (κ2) is 19.0. The molecule has 2 aromatic carbocycles. The Morgan fingerprint density at radius 2 is 0.739 bits per heavy atom. The number of rotatable bonds is 2. The first-order chi connectivity index (χ1) is 20.5. The van der Waals surface area contributed by atoms with Crippen LogP contribution in [0, 0.1) is 0 Å². The predicted molar refractivity (Wildman–Crippen MR) is 194 cm³/mol. The molecular formula is C39H61N4O2Ta. The summed E-state index contributed by atoms with van der Waals surface area (Å²) in [5, 5.41) is 37.9. The van der Waals surface area contributed by atoms with Gasteiger partial charge in [0.25, 0.3) is 0 Å². The fourth-order valence-electron chi connectivity index (χ4n) is 4.35. The molecule has 0 unspecified atom stereocenters. The van der Waals surface area contributed by atoms with Crippen LogP contribution < -0.4 is 10.2 Å². The van der Waals surface area contributed by atoms with Gasteiger partial charge in [-0.05, 0) is 79.3 Å². The Labute approximate surface area is 298 Å². The van der Waals surface area contributed by atoms with Gasteiger partial charge in [0.15, 0.2) is 0 Å². The summed E-state index contributed by atoms with van der Waals surface area (Å²) in [5.41, 5.74) is 5.32. The van der Waals surface area contributed by atoms with Crippen molar-refractivity contribution in [3.63, 3.8) is 0 Å². The van der Waals surface area contributed by atoms with Crippen molar-refractivity contribution in [1.29, 1.82) is 0 Å². The van der Waals surface area contributed by atoms with Gasteiger partial charge >= 0.3 is 22.4 Å². The maximum Gasteiger partial charge on any atom is 5.00 e. The van der Waals surface area contributed by atoms with Gasteiger partial charge in [0.1, 0.15) is 0 Å². The third kappa shape index (κ3) is 13.5. The maximum atomic E-state index is 13.7. The second-order valence-electron chi connectivity index (χ2n) is 15.6. The Bertz CT molecular complexity index is 1240. The molecule has 46 heavy (non-hydrogen) atoms. The van der Waals surface area contributed by atoms with Crippen molar-refractivity contribution in [2.45, 2.75) is 105 Å². The molecule has 7 heteroatoms. The van der Waals surface area contributed by atoms with E-state index in [9.17, 15) is 10.2 Å². The molecule has 3 aromatic rings. The van der Waals surface area contributed by atoms with Crippen molar-refractivity contribution in [2.24, 2.45) is 0 Å². The van der Waals surface area contributed by atoms with E-state index in [4.69, 9.17) is 4.98 Å². The quantitative estimate of drug-likeness (QED) is 0.258. The summed E-state index contributed by atoms with van der Waals surface area (Å²) in [4.78, 5) is 4.93. The van der Waals surface area contributed by atoms with E-state index in [-0.39, 0.29) is 55.5 Å². The topological polar surface area (TPSA) is 101 Å². The monoisotopic (exact) mass is 798 g/mol. The van der Waals surface area contributed by atoms with E-state index in [0.29, 0.717) is 22.5 Å². The standard InChI is InChI=1S/C33H45NO2.3C2H6N.Ta/c1-30(2,3)20-16-22(28(35)24(18-20)32(7,8)9)26-14-13-15-27(34-26)23-17-21(31(4,5)6)19-25(29(23)36)33(10,11)12;3*1-3-2;/h13-19,35-36H,1-12H3;3*1-2H3;/q;3*-1;+5/p-2. The van der Waals surface area contributed by atoms with Gasteiger partial charge in [-0.2, -0.15) is 42.3 Å². The van der Waals surface area contributed by atoms with E-state index in [1.165, 1.54) is 0 Å². The van der Waals surface area contributed by atoms with Crippen LogP contribution in [-0.4, -0.2) is 47.3 Å². The number of aromatic nitrogens is 1. The van der Waals surface area contributed by atoms with Gasteiger partial charge in [0.05, 0.1) is 11.4 Å². The summed E-state index contributed by atoms with van der Waals surface area (Å²) in [6, 6.07) is 13.7. The number of benzene rings is 2. The average molecular weight is 799 g/mol. The molecule has 0 aliphatic rings. The van der Waals surface area contributed by atoms with Gasteiger partial charge in [-0.1, -0.05) is 113 Å². The van der Waals surface area contributed by atoms with Crippen molar-refractivity contribution in [1.82, 2.24) is 4.98 Å². The first-order valence-electron chi connectivity index (χ1n) is 15.6. The zero-order chi connectivity index (χ0) is 35.6. The van der Waals surface area contributed by atoms with Crippen LogP contribution in [0.2, 0.25) is 0 Å². The van der Waals surface area contributed by atoms with Gasteiger partial charge in [0, 0.05) is 0 Å². The molecule has 0 saturated heterocycles. The molecule has 0 saturated carbocycles. The van der Waals surface area contributed by atoms with Gasteiger partial charge in [-0.15, -0.1) is 0 Å². The van der Waals surface area contributed by atoms with Gasteiger partial charge < -0.3 is 26.2 Å². The summed E-state index contributed by atoms with van der Waals surface area (Å²) in [7, 11) is 10.5. The van der Waals surface area contributed by atoms with Crippen LogP contribution >= 0.6 is 0 Å². The molecule has 6 nitrogen and oxygen atoms in total. The average Bonchev–Trinajstić information content (AvgIpc) is 2.87. The Morgan fingerprint density at radius 1 is 0.478 bits per heavy atom. The molecular weight excluding hydrogens is 737 g/mol. The molecule has 0 N–H and O–H groups in total. The molecule has 254 valence electrons. The Hall–Kier alpha value is -2.19. The molecule has 0 aliphatic heterocycles. The van der Waals surface area contributed by atoms with Crippen molar-refractivity contribution < 1.29 is 32.6 Å². The van der Waals surface area contributed by atoms with Crippen LogP contribution in [-0.2, 0) is 44.0 Å². The van der Waals surface area contributed by atoms with Crippen LogP contribution in [0.5, 0.6) is 11.5 Å². The molecule has 0 bridgehead atoms. The molecule has 0 fully saturated rings. The largest absolute Gasteiger partial charge is 5.00 e. The molecule has 0 aliphatic carbocycles. The first-order valence-corrected chi connectivity index (χ1v) is 15.6. The van der Waals surface area contributed by atoms with Crippen molar-refractivity contribution in [3.05, 3.63) is 80.7 Å². The molecule has 1 aromatic heterocycles. The molecule has 0 radical (unpaired) electrons. The zero-order valence-electron chi connectivity index (χ0n) is 32.1. The second-order valence-corrected chi connectivity index (χ2v) is 15.6. The smallest absolute Gasteiger partial charge is 0.872 e. The summed E-state index contributed by atoms with van der Waals surface area (Å²) < 4.78 is 0. The fraction of sp³-hybridized carbons (Fsp3) is 0.564. The third-order valence-corrected chi connectivity index (χ3v) is 6.83. The normalized spacial score (nSPS) is 11.5. The minimum atomic E-state index is -0.296. The van der Waals surface area contributed by atoms with E-state index in [2.05, 4.69) is 99.0 Å². The number of hydrogen-bond acceptors (Lipinski definition) is 3. The Morgan fingerprint density at radius 3 is 0.957 bits per heavy atom. The molecule has 3 rings (SSSR count). The van der Waals surface area contributed by atoms with Gasteiger partial charge in [-0.3, -0.25) is 0 Å². The van der Waals surface area contributed by atoms with E-state index < -0.39 is 0 Å². The van der Waals surface area contributed by atoms with Crippen LogP contribution in [0.15, 0.2) is 42.5 Å². The number of pyridine rings is 1. The number of nitrogens with zero attached hydrogens (tertiary/aromatic N) is 4. The fourth-order valence-corrected chi connectivity index (χ4v) is 4.35. The molecule has 1 heterocycles. The molecule has 0 atom stereocenters. The first kappa shape index (κ1) is 45.9. The maximum absolute atomic E-state index is 13.7. The molecule has 0 spiro atoms. The van der Waals surface area contributed by atoms with Crippen LogP contribution in [0.25, 0.3) is 38.5 Å². The van der Waals surface area contributed by atoms with Crippen molar-refractivity contribution in [3.8, 4) is 34.0 Å². The van der Waals surface area contributed by atoms with Crippen molar-refractivity contribution in [2.75, 3.05) is 42.3 Å². The van der Waals surface area contributed by atoms with E-state index in [1.807, 2.05) is 42.5 Å². The summed E-state index contributed by atoms with van der Waals surface area (Å²) in [5.74, 6) is 0.00244. The summed E-state index contributed by atoms with van der Waals surface area (Å²) in [6.07, 6.45) is 0. The molecule has 0 amide bonds. The van der Waals surface area contributed by atoms with Crippen LogP contribution in [0.4, 0.5) is 0 Å². The number of hydrogen-bond donors (Lipinski definition) is 0. The van der Waals surface area contributed by atoms with Gasteiger partial charge in [0.2, 0.25) is 0 Å². The summed E-state index contributed by atoms with van der Waals surface area (Å²) in [6.45, 7) is 25.3. The van der Waals surface area contributed by atoms with Crippen molar-refractivity contribution >= 4 is 0 Å². The van der Waals surface area contributed by atoms with Crippen LogP contribution in [0.1, 0.15) is 105 Å².